The second-order valence-corrected chi connectivity index (χ2v) is 7.30. The Kier molecular flexibility index (Phi) is 6.69. The van der Waals surface area contributed by atoms with Gasteiger partial charge in [0.15, 0.2) is 0 Å². The number of nitrogens with one attached hydrogen (secondary N) is 2. The fourth-order valence-electron chi connectivity index (χ4n) is 3.05. The van der Waals surface area contributed by atoms with Crippen LogP contribution in [0.2, 0.25) is 0 Å². The van der Waals surface area contributed by atoms with Crippen LogP contribution < -0.4 is 15.4 Å². The SMILES string of the molecule is CCCCCNC(=O)C1(C(=O)Nc2ccc(OCc3ccccc3)cc2)CC1. The number of ether oxygens (including phenoxy) is 1. The van der Waals surface area contributed by atoms with Crippen LogP contribution in [0.5, 0.6) is 5.75 Å². The molecule has 0 bridgehead atoms. The molecule has 0 atom stereocenters. The van der Waals surface area contributed by atoms with Crippen molar-refractivity contribution in [3.63, 3.8) is 0 Å². The topological polar surface area (TPSA) is 67.4 Å². The predicted molar refractivity (Wildman–Crippen MR) is 110 cm³/mol. The van der Waals surface area contributed by atoms with Crippen molar-refractivity contribution in [3.05, 3.63) is 60.2 Å². The lowest BCUT2D eigenvalue weighted by Gasteiger charge is -2.15. The highest BCUT2D eigenvalue weighted by molar-refractivity contribution is 6.13. The van der Waals surface area contributed by atoms with E-state index in [9.17, 15) is 9.59 Å². The maximum absolute atomic E-state index is 12.6. The molecule has 148 valence electrons. The molecular formula is C23H28N2O3. The summed E-state index contributed by atoms with van der Waals surface area (Å²) in [6, 6.07) is 17.2. The van der Waals surface area contributed by atoms with Gasteiger partial charge in [0.1, 0.15) is 17.8 Å². The Labute approximate surface area is 166 Å². The maximum atomic E-state index is 12.6. The van der Waals surface area contributed by atoms with Gasteiger partial charge in [-0.25, -0.2) is 0 Å². The number of amides is 2. The standard InChI is InChI=1S/C23H28N2O3/c1-2-3-7-16-24-21(26)23(14-15-23)22(27)25-19-10-12-20(13-11-19)28-17-18-8-5-4-6-9-18/h4-6,8-13H,2-3,7,14-17H2,1H3,(H,24,26)(H,25,27). The van der Waals surface area contributed by atoms with E-state index in [1.807, 2.05) is 42.5 Å². The zero-order chi connectivity index (χ0) is 19.8. The summed E-state index contributed by atoms with van der Waals surface area (Å²) >= 11 is 0. The third-order valence-corrected chi connectivity index (χ3v) is 5.05. The Hall–Kier alpha value is -2.82. The largest absolute Gasteiger partial charge is 0.489 e. The third kappa shape index (κ3) is 5.12. The van der Waals surface area contributed by atoms with Crippen LogP contribution >= 0.6 is 0 Å². The smallest absolute Gasteiger partial charge is 0.240 e. The van der Waals surface area contributed by atoms with Crippen molar-refractivity contribution in [2.24, 2.45) is 5.41 Å². The van der Waals surface area contributed by atoms with Crippen molar-refractivity contribution in [2.45, 2.75) is 45.6 Å². The molecule has 0 heterocycles. The van der Waals surface area contributed by atoms with Gasteiger partial charge in [0.25, 0.3) is 0 Å². The van der Waals surface area contributed by atoms with E-state index in [0.29, 0.717) is 31.7 Å². The number of unbranched alkanes of at least 4 members (excludes halogenated alkanes) is 2. The summed E-state index contributed by atoms with van der Waals surface area (Å²) in [7, 11) is 0. The van der Waals surface area contributed by atoms with Crippen LogP contribution in [0.1, 0.15) is 44.6 Å². The van der Waals surface area contributed by atoms with Gasteiger partial charge < -0.3 is 15.4 Å². The first kappa shape index (κ1) is 19.9. The molecule has 3 rings (SSSR count). The van der Waals surface area contributed by atoms with E-state index < -0.39 is 5.41 Å². The highest BCUT2D eigenvalue weighted by Gasteiger charge is 2.56. The van der Waals surface area contributed by atoms with E-state index in [-0.39, 0.29) is 11.8 Å². The lowest BCUT2D eigenvalue weighted by Crippen LogP contribution is -2.40. The Morgan fingerprint density at radius 3 is 2.32 bits per heavy atom. The average molecular weight is 380 g/mol. The number of anilines is 1. The van der Waals surface area contributed by atoms with Crippen LogP contribution in [0.25, 0.3) is 0 Å². The average Bonchev–Trinajstić information content (AvgIpc) is 3.54. The Balaban J connectivity index is 1.49. The summed E-state index contributed by atoms with van der Waals surface area (Å²) in [6.45, 7) is 3.25. The zero-order valence-electron chi connectivity index (χ0n) is 16.4. The summed E-state index contributed by atoms with van der Waals surface area (Å²) < 4.78 is 5.76. The first-order chi connectivity index (χ1) is 13.6. The molecule has 5 nitrogen and oxygen atoms in total. The third-order valence-electron chi connectivity index (χ3n) is 5.05. The van der Waals surface area contributed by atoms with Crippen LogP contribution in [0.3, 0.4) is 0 Å². The van der Waals surface area contributed by atoms with Gasteiger partial charge in [-0.05, 0) is 49.1 Å². The molecule has 0 unspecified atom stereocenters. The monoisotopic (exact) mass is 380 g/mol. The van der Waals surface area contributed by atoms with Crippen LogP contribution in [-0.4, -0.2) is 18.4 Å². The summed E-state index contributed by atoms with van der Waals surface area (Å²) in [4.78, 5) is 25.0. The first-order valence-electron chi connectivity index (χ1n) is 10.0. The normalized spacial score (nSPS) is 14.2. The molecule has 0 spiro atoms. The number of hydrogen-bond acceptors (Lipinski definition) is 3. The molecule has 1 fully saturated rings. The second kappa shape index (κ2) is 9.40. The first-order valence-corrected chi connectivity index (χ1v) is 10.0. The lowest BCUT2D eigenvalue weighted by molar-refractivity contribution is -0.134. The van der Waals surface area contributed by atoms with E-state index in [2.05, 4.69) is 17.6 Å². The number of benzene rings is 2. The minimum absolute atomic E-state index is 0.149. The molecule has 2 amide bonds. The van der Waals surface area contributed by atoms with Crippen LogP contribution in [0.15, 0.2) is 54.6 Å². The van der Waals surface area contributed by atoms with Gasteiger partial charge >= 0.3 is 0 Å². The van der Waals surface area contributed by atoms with Gasteiger partial charge in [0.2, 0.25) is 11.8 Å². The number of hydrogen-bond donors (Lipinski definition) is 2. The fraction of sp³-hybridized carbons (Fsp3) is 0.391. The minimum Gasteiger partial charge on any atom is -0.489 e. The highest BCUT2D eigenvalue weighted by Crippen LogP contribution is 2.46. The van der Waals surface area contributed by atoms with Crippen molar-refractivity contribution in [3.8, 4) is 5.75 Å². The molecule has 0 aliphatic heterocycles. The van der Waals surface area contributed by atoms with Crippen molar-refractivity contribution >= 4 is 17.5 Å². The van der Waals surface area contributed by atoms with Crippen LogP contribution in [-0.2, 0) is 16.2 Å². The minimum atomic E-state index is -0.894. The van der Waals surface area contributed by atoms with Crippen molar-refractivity contribution in [2.75, 3.05) is 11.9 Å². The summed E-state index contributed by atoms with van der Waals surface area (Å²) in [5, 5.41) is 5.78. The molecule has 5 heteroatoms. The van der Waals surface area contributed by atoms with Gasteiger partial charge in [0, 0.05) is 12.2 Å². The predicted octanol–water partition coefficient (Wildman–Crippen LogP) is 4.29. The number of rotatable bonds is 10. The number of carbonyl (C=O) groups is 2. The van der Waals surface area contributed by atoms with Gasteiger partial charge in [-0.15, -0.1) is 0 Å². The van der Waals surface area contributed by atoms with Crippen molar-refractivity contribution < 1.29 is 14.3 Å². The van der Waals surface area contributed by atoms with Gasteiger partial charge in [-0.2, -0.15) is 0 Å². The lowest BCUT2D eigenvalue weighted by atomic mass is 10.0. The summed E-state index contributed by atoms with van der Waals surface area (Å²) in [5.74, 6) is 0.360. The van der Waals surface area contributed by atoms with E-state index in [0.717, 1.165) is 30.6 Å². The zero-order valence-corrected chi connectivity index (χ0v) is 16.4. The summed E-state index contributed by atoms with van der Waals surface area (Å²) in [5.41, 5.74) is 0.872. The molecule has 0 radical (unpaired) electrons. The van der Waals surface area contributed by atoms with Crippen molar-refractivity contribution in [1.29, 1.82) is 0 Å². The highest BCUT2D eigenvalue weighted by atomic mass is 16.5. The van der Waals surface area contributed by atoms with Gasteiger partial charge in [-0.1, -0.05) is 50.1 Å². The molecule has 0 aromatic heterocycles. The molecular weight excluding hydrogens is 352 g/mol. The molecule has 2 aromatic carbocycles. The van der Waals surface area contributed by atoms with E-state index in [1.165, 1.54) is 0 Å². The summed E-state index contributed by atoms with van der Waals surface area (Å²) in [6.07, 6.45) is 4.35. The van der Waals surface area contributed by atoms with E-state index >= 15 is 0 Å². The molecule has 2 aromatic rings. The molecule has 1 aliphatic rings. The van der Waals surface area contributed by atoms with Crippen molar-refractivity contribution in [1.82, 2.24) is 5.32 Å². The molecule has 0 saturated heterocycles. The van der Waals surface area contributed by atoms with E-state index in [1.54, 1.807) is 12.1 Å². The van der Waals surface area contributed by atoms with Crippen LogP contribution in [0.4, 0.5) is 5.69 Å². The second-order valence-electron chi connectivity index (χ2n) is 7.30. The fourth-order valence-corrected chi connectivity index (χ4v) is 3.05. The quantitative estimate of drug-likeness (QED) is 0.477. The molecule has 2 N–H and O–H groups in total. The molecule has 1 saturated carbocycles. The van der Waals surface area contributed by atoms with Crippen LogP contribution in [0, 0.1) is 5.41 Å². The Bertz CT molecular complexity index is 783. The maximum Gasteiger partial charge on any atom is 0.240 e. The number of carbonyl (C=O) groups excluding carboxylic acids is 2. The Morgan fingerprint density at radius 2 is 1.68 bits per heavy atom. The molecule has 1 aliphatic carbocycles. The van der Waals surface area contributed by atoms with E-state index in [4.69, 9.17) is 4.74 Å². The Morgan fingerprint density at radius 1 is 0.964 bits per heavy atom. The molecule has 28 heavy (non-hydrogen) atoms. The van der Waals surface area contributed by atoms with Gasteiger partial charge in [-0.3, -0.25) is 9.59 Å². The van der Waals surface area contributed by atoms with Gasteiger partial charge in [0.05, 0.1) is 0 Å².